The van der Waals surface area contributed by atoms with Crippen molar-refractivity contribution in [1.82, 2.24) is 10.4 Å². The van der Waals surface area contributed by atoms with Crippen LogP contribution in [0.4, 0.5) is 0 Å². The third-order valence-electron chi connectivity index (χ3n) is 4.19. The van der Waals surface area contributed by atoms with Gasteiger partial charge in [0, 0.05) is 16.7 Å². The number of ether oxygens (including phenoxy) is 1. The van der Waals surface area contributed by atoms with E-state index in [0.717, 1.165) is 11.1 Å². The molecule has 5 heteroatoms. The van der Waals surface area contributed by atoms with Crippen LogP contribution in [0.3, 0.4) is 0 Å². The SMILES string of the molecule is [2H]C([2H])([2H])Oc1cccc(C(=O)NN(C(=O)c2cc(C)cc(C)c2)C(C)(C)C)c1C. The van der Waals surface area contributed by atoms with Gasteiger partial charge in [0.2, 0.25) is 0 Å². The molecule has 0 atom stereocenters. The van der Waals surface area contributed by atoms with E-state index in [1.165, 1.54) is 17.1 Å². The topological polar surface area (TPSA) is 58.6 Å². The zero-order valence-electron chi connectivity index (χ0n) is 19.6. The maximum absolute atomic E-state index is 13.2. The monoisotopic (exact) mass is 371 g/mol. The van der Waals surface area contributed by atoms with Crippen molar-refractivity contribution < 1.29 is 18.4 Å². The lowest BCUT2D eigenvalue weighted by Gasteiger charge is -2.35. The molecule has 0 unspecified atom stereocenters. The molecule has 0 saturated heterocycles. The second-order valence-corrected chi connectivity index (χ2v) is 7.66. The molecule has 1 N–H and O–H groups in total. The van der Waals surface area contributed by atoms with Gasteiger partial charge in [0.1, 0.15) is 5.75 Å². The number of hydrazine groups is 1. The van der Waals surface area contributed by atoms with Crippen molar-refractivity contribution in [2.45, 2.75) is 47.1 Å². The Morgan fingerprint density at radius 2 is 1.70 bits per heavy atom. The first-order valence-corrected chi connectivity index (χ1v) is 8.71. The molecular formula is C22H28N2O3. The van der Waals surface area contributed by atoms with Crippen molar-refractivity contribution >= 4 is 11.8 Å². The summed E-state index contributed by atoms with van der Waals surface area (Å²) in [7, 11) is -2.63. The van der Waals surface area contributed by atoms with Crippen molar-refractivity contribution in [1.29, 1.82) is 0 Å². The molecule has 27 heavy (non-hydrogen) atoms. The highest BCUT2D eigenvalue weighted by Gasteiger charge is 2.30. The van der Waals surface area contributed by atoms with Gasteiger partial charge in [-0.3, -0.25) is 15.0 Å². The average molecular weight is 371 g/mol. The van der Waals surface area contributed by atoms with E-state index in [-0.39, 0.29) is 17.2 Å². The smallest absolute Gasteiger partial charge is 0.272 e. The minimum Gasteiger partial charge on any atom is -0.496 e. The number of aryl methyl sites for hydroxylation is 2. The predicted molar refractivity (Wildman–Crippen MR) is 107 cm³/mol. The molecule has 0 aliphatic carbocycles. The van der Waals surface area contributed by atoms with Gasteiger partial charge in [0.05, 0.1) is 16.7 Å². The first-order chi connectivity index (χ1) is 13.7. The minimum atomic E-state index is -2.63. The third-order valence-corrected chi connectivity index (χ3v) is 4.19. The lowest BCUT2D eigenvalue weighted by Crippen LogP contribution is -2.56. The Kier molecular flexibility index (Phi) is 4.74. The molecule has 0 saturated carbocycles. The quantitative estimate of drug-likeness (QED) is 0.823. The summed E-state index contributed by atoms with van der Waals surface area (Å²) in [5.41, 5.74) is 4.95. The number of benzene rings is 2. The first kappa shape index (κ1) is 16.4. The summed E-state index contributed by atoms with van der Waals surface area (Å²) in [6, 6.07) is 10.1. The normalized spacial score (nSPS) is 13.2. The summed E-state index contributed by atoms with van der Waals surface area (Å²) < 4.78 is 26.8. The molecule has 0 aliphatic rings. The van der Waals surface area contributed by atoms with Crippen LogP contribution in [0.5, 0.6) is 5.75 Å². The van der Waals surface area contributed by atoms with Crippen LogP contribution in [0.25, 0.3) is 0 Å². The van der Waals surface area contributed by atoms with Crippen LogP contribution in [0, 0.1) is 20.8 Å². The molecule has 0 aliphatic heterocycles. The highest BCUT2D eigenvalue weighted by atomic mass is 16.5. The third kappa shape index (κ3) is 4.67. The minimum absolute atomic E-state index is 0.0885. The van der Waals surface area contributed by atoms with Gasteiger partial charge in [-0.05, 0) is 65.8 Å². The summed E-state index contributed by atoms with van der Waals surface area (Å²) in [6.45, 7) is 10.9. The number of amides is 2. The molecule has 0 radical (unpaired) electrons. The second-order valence-electron chi connectivity index (χ2n) is 7.66. The number of nitrogens with one attached hydrogen (secondary N) is 1. The van der Waals surface area contributed by atoms with E-state index in [2.05, 4.69) is 5.43 Å². The Labute approximate surface area is 165 Å². The lowest BCUT2D eigenvalue weighted by atomic mass is 10.0. The van der Waals surface area contributed by atoms with Gasteiger partial charge in [0.15, 0.2) is 0 Å². The zero-order valence-corrected chi connectivity index (χ0v) is 16.6. The van der Waals surface area contributed by atoms with Crippen LogP contribution in [-0.2, 0) is 0 Å². The van der Waals surface area contributed by atoms with Gasteiger partial charge >= 0.3 is 0 Å². The van der Waals surface area contributed by atoms with Crippen LogP contribution in [0.15, 0.2) is 36.4 Å². The average Bonchev–Trinajstić information content (AvgIpc) is 2.57. The largest absolute Gasteiger partial charge is 0.496 e. The summed E-state index contributed by atoms with van der Waals surface area (Å²) in [5.74, 6) is -0.781. The summed E-state index contributed by atoms with van der Waals surface area (Å²) in [6.07, 6.45) is 0. The fourth-order valence-corrected chi connectivity index (χ4v) is 2.88. The number of nitrogens with zero attached hydrogens (tertiary/aromatic N) is 1. The lowest BCUT2D eigenvalue weighted by molar-refractivity contribution is 0.0358. The van der Waals surface area contributed by atoms with Crippen LogP contribution in [0.1, 0.15) is 62.3 Å². The molecule has 0 fully saturated rings. The van der Waals surface area contributed by atoms with Crippen molar-refractivity contribution in [3.8, 4) is 5.75 Å². The molecule has 2 rings (SSSR count). The van der Waals surface area contributed by atoms with E-state index >= 15 is 0 Å². The van der Waals surface area contributed by atoms with E-state index in [1.807, 2.05) is 40.7 Å². The Morgan fingerprint density at radius 1 is 1.07 bits per heavy atom. The molecule has 0 spiro atoms. The number of rotatable bonds is 3. The molecular weight excluding hydrogens is 340 g/mol. The van der Waals surface area contributed by atoms with Gasteiger partial charge in [-0.2, -0.15) is 0 Å². The number of hydrogen-bond acceptors (Lipinski definition) is 3. The maximum atomic E-state index is 13.2. The standard InChI is InChI=1S/C22H28N2O3/c1-14-11-15(2)13-17(12-14)21(26)24(22(4,5)6)23-20(25)18-9-8-10-19(27-7)16(18)3/h8-13H,1-7H3,(H,23,25)/i7D3. The van der Waals surface area contributed by atoms with Crippen molar-refractivity contribution in [2.24, 2.45) is 0 Å². The highest BCUT2D eigenvalue weighted by molar-refractivity contribution is 6.00. The van der Waals surface area contributed by atoms with E-state index in [0.29, 0.717) is 11.1 Å². The molecule has 0 heterocycles. The van der Waals surface area contributed by atoms with Gasteiger partial charge in [-0.25, -0.2) is 5.01 Å². The molecule has 0 bridgehead atoms. The number of hydrogen-bond donors (Lipinski definition) is 1. The molecule has 2 aromatic carbocycles. The zero-order chi connectivity index (χ0) is 22.9. The summed E-state index contributed by atoms with van der Waals surface area (Å²) in [5, 5.41) is 1.29. The van der Waals surface area contributed by atoms with E-state index in [4.69, 9.17) is 8.85 Å². The van der Waals surface area contributed by atoms with Gasteiger partial charge < -0.3 is 4.74 Å². The fraction of sp³-hybridized carbons (Fsp3) is 0.364. The Morgan fingerprint density at radius 3 is 2.26 bits per heavy atom. The highest BCUT2D eigenvalue weighted by Crippen LogP contribution is 2.22. The Hall–Kier alpha value is -2.82. The van der Waals surface area contributed by atoms with E-state index in [9.17, 15) is 9.59 Å². The van der Waals surface area contributed by atoms with Crippen LogP contribution >= 0.6 is 0 Å². The molecule has 2 aromatic rings. The van der Waals surface area contributed by atoms with Gasteiger partial charge in [-0.15, -0.1) is 0 Å². The number of carbonyl (C=O) groups excluding carboxylic acids is 2. The van der Waals surface area contributed by atoms with E-state index < -0.39 is 18.5 Å². The van der Waals surface area contributed by atoms with Gasteiger partial charge in [-0.1, -0.05) is 23.3 Å². The fourth-order valence-electron chi connectivity index (χ4n) is 2.88. The Balaban J connectivity index is 2.37. The number of methoxy groups -OCH3 is 1. The molecule has 5 nitrogen and oxygen atoms in total. The van der Waals surface area contributed by atoms with Crippen molar-refractivity contribution in [3.63, 3.8) is 0 Å². The van der Waals surface area contributed by atoms with E-state index in [1.54, 1.807) is 25.1 Å². The predicted octanol–water partition coefficient (Wildman–Crippen LogP) is 4.21. The summed E-state index contributed by atoms with van der Waals surface area (Å²) in [4.78, 5) is 26.2. The van der Waals surface area contributed by atoms with Crippen molar-refractivity contribution in [3.05, 3.63) is 64.2 Å². The Bertz CT molecular complexity index is 943. The molecule has 144 valence electrons. The first-order valence-electron chi connectivity index (χ1n) is 10.2. The summed E-state index contributed by atoms with van der Waals surface area (Å²) >= 11 is 0. The molecule has 2 amide bonds. The van der Waals surface area contributed by atoms with Crippen LogP contribution in [-0.4, -0.2) is 29.4 Å². The maximum Gasteiger partial charge on any atom is 0.272 e. The van der Waals surface area contributed by atoms with Crippen LogP contribution in [0.2, 0.25) is 0 Å². The van der Waals surface area contributed by atoms with Crippen molar-refractivity contribution in [2.75, 3.05) is 7.04 Å². The van der Waals surface area contributed by atoms with Gasteiger partial charge in [0.25, 0.3) is 11.8 Å². The number of carbonyl (C=O) groups is 2. The molecule has 0 aromatic heterocycles. The van der Waals surface area contributed by atoms with Crippen LogP contribution < -0.4 is 10.2 Å². The second kappa shape index (κ2) is 7.82.